The second-order valence-electron chi connectivity index (χ2n) is 9.11. The number of benzene rings is 1. The fourth-order valence-corrected chi connectivity index (χ4v) is 5.32. The molecule has 1 amide bonds. The molecule has 0 radical (unpaired) electrons. The first-order valence-corrected chi connectivity index (χ1v) is 12.9. The minimum Gasteiger partial charge on any atom is -0.491 e. The van der Waals surface area contributed by atoms with Gasteiger partial charge in [0.05, 0.1) is 18.7 Å². The highest BCUT2D eigenvalue weighted by molar-refractivity contribution is 7.10. The molecule has 5 nitrogen and oxygen atoms in total. The van der Waals surface area contributed by atoms with E-state index >= 15 is 0 Å². The standard InChI is InChI=1S/C27H38N2O3S/c1-5-7-22(30)17-28(14-6-2)18-27(31)29-15-12-26-24(13-16-33-26)25(29)19-32-23-10-8-21(9-11-23)20(3)4/h6,8-11,13,16,20,22,25,30H,2,5,7,12,14-15,17-19H2,1,3-4H3/t22-,25+/m1/s1. The van der Waals surface area contributed by atoms with Crippen LogP contribution in [0, 0.1) is 0 Å². The van der Waals surface area contributed by atoms with Gasteiger partial charge in [-0.3, -0.25) is 9.69 Å². The number of amides is 1. The molecule has 0 saturated heterocycles. The number of nitrogens with zero attached hydrogens (tertiary/aromatic N) is 2. The van der Waals surface area contributed by atoms with Crippen molar-refractivity contribution in [2.75, 3.05) is 32.8 Å². The van der Waals surface area contributed by atoms with Crippen LogP contribution < -0.4 is 4.74 Å². The quantitative estimate of drug-likeness (QED) is 0.442. The van der Waals surface area contributed by atoms with Gasteiger partial charge >= 0.3 is 0 Å². The van der Waals surface area contributed by atoms with Crippen LogP contribution in [0.3, 0.4) is 0 Å². The van der Waals surface area contributed by atoms with Crippen molar-refractivity contribution < 1.29 is 14.6 Å². The van der Waals surface area contributed by atoms with Crippen molar-refractivity contribution in [3.63, 3.8) is 0 Å². The Balaban J connectivity index is 1.70. The molecule has 0 aliphatic carbocycles. The van der Waals surface area contributed by atoms with Crippen LogP contribution in [-0.2, 0) is 11.2 Å². The van der Waals surface area contributed by atoms with Crippen molar-refractivity contribution in [3.05, 3.63) is 64.4 Å². The van der Waals surface area contributed by atoms with Gasteiger partial charge in [0.15, 0.2) is 0 Å². The lowest BCUT2D eigenvalue weighted by molar-refractivity contribution is -0.136. The number of aliphatic hydroxyl groups is 1. The summed E-state index contributed by atoms with van der Waals surface area (Å²) in [5.74, 6) is 1.37. The van der Waals surface area contributed by atoms with E-state index in [4.69, 9.17) is 4.74 Å². The molecule has 0 unspecified atom stereocenters. The van der Waals surface area contributed by atoms with Crippen molar-refractivity contribution in [2.45, 2.75) is 58.1 Å². The van der Waals surface area contributed by atoms with Gasteiger partial charge in [0.25, 0.3) is 0 Å². The van der Waals surface area contributed by atoms with Crippen molar-refractivity contribution in [1.29, 1.82) is 0 Å². The number of fused-ring (bicyclic) bond motifs is 1. The summed E-state index contributed by atoms with van der Waals surface area (Å²) in [4.78, 5) is 18.7. The Kier molecular flexibility index (Phi) is 9.53. The lowest BCUT2D eigenvalue weighted by Gasteiger charge is -2.37. The lowest BCUT2D eigenvalue weighted by Crippen LogP contribution is -2.47. The number of hydrogen-bond acceptors (Lipinski definition) is 5. The van der Waals surface area contributed by atoms with Crippen LogP contribution in [0.25, 0.3) is 0 Å². The van der Waals surface area contributed by atoms with E-state index in [9.17, 15) is 9.90 Å². The van der Waals surface area contributed by atoms with Gasteiger partial charge in [-0.2, -0.15) is 0 Å². The van der Waals surface area contributed by atoms with Crippen molar-refractivity contribution in [3.8, 4) is 5.75 Å². The monoisotopic (exact) mass is 470 g/mol. The predicted octanol–water partition coefficient (Wildman–Crippen LogP) is 5.03. The van der Waals surface area contributed by atoms with Crippen LogP contribution in [0.4, 0.5) is 0 Å². The molecule has 3 rings (SSSR count). The molecule has 0 fully saturated rings. The first kappa shape index (κ1) is 25.5. The molecular formula is C27H38N2O3S. The van der Waals surface area contributed by atoms with Gasteiger partial charge in [0.2, 0.25) is 5.91 Å². The summed E-state index contributed by atoms with van der Waals surface area (Å²) in [6.45, 7) is 12.7. The molecule has 180 valence electrons. The third kappa shape index (κ3) is 6.92. The Morgan fingerprint density at radius 1 is 1.33 bits per heavy atom. The van der Waals surface area contributed by atoms with Crippen LogP contribution in [0.15, 0.2) is 48.4 Å². The Labute approximate surface area is 202 Å². The highest BCUT2D eigenvalue weighted by Crippen LogP contribution is 2.34. The molecule has 0 saturated carbocycles. The maximum absolute atomic E-state index is 13.4. The Morgan fingerprint density at radius 3 is 2.76 bits per heavy atom. The lowest BCUT2D eigenvalue weighted by atomic mass is 10.00. The molecule has 2 heterocycles. The zero-order valence-electron chi connectivity index (χ0n) is 20.2. The minimum absolute atomic E-state index is 0.0705. The molecule has 1 N–H and O–H groups in total. The van der Waals surface area contributed by atoms with Crippen molar-refractivity contribution in [1.82, 2.24) is 9.80 Å². The molecule has 0 spiro atoms. The largest absolute Gasteiger partial charge is 0.491 e. The molecule has 1 aromatic heterocycles. The van der Waals surface area contributed by atoms with Gasteiger partial charge in [-0.15, -0.1) is 17.9 Å². The summed E-state index contributed by atoms with van der Waals surface area (Å²) in [6.07, 6.45) is 3.89. The third-order valence-electron chi connectivity index (χ3n) is 6.21. The second-order valence-corrected chi connectivity index (χ2v) is 10.1. The normalized spacial score (nSPS) is 16.7. The number of carbonyl (C=O) groups is 1. The zero-order chi connectivity index (χ0) is 23.8. The third-order valence-corrected chi connectivity index (χ3v) is 7.20. The maximum Gasteiger partial charge on any atom is 0.237 e. The van der Waals surface area contributed by atoms with Crippen LogP contribution >= 0.6 is 11.3 Å². The van der Waals surface area contributed by atoms with E-state index in [0.717, 1.165) is 25.0 Å². The highest BCUT2D eigenvalue weighted by atomic mass is 32.1. The topological polar surface area (TPSA) is 53.0 Å². The van der Waals surface area contributed by atoms with Crippen molar-refractivity contribution in [2.24, 2.45) is 0 Å². The SMILES string of the molecule is C=CCN(CC(=O)N1CCc2sccc2[C@@H]1COc1ccc(C(C)C)cc1)C[C@H](O)CCC. The van der Waals surface area contributed by atoms with E-state index in [1.165, 1.54) is 16.0 Å². The van der Waals surface area contributed by atoms with Gasteiger partial charge in [-0.1, -0.05) is 45.4 Å². The van der Waals surface area contributed by atoms with E-state index < -0.39 is 6.10 Å². The van der Waals surface area contributed by atoms with Gasteiger partial charge in [-0.25, -0.2) is 0 Å². The summed E-state index contributed by atoms with van der Waals surface area (Å²) in [5.41, 5.74) is 2.48. The summed E-state index contributed by atoms with van der Waals surface area (Å²) >= 11 is 1.76. The smallest absolute Gasteiger partial charge is 0.237 e. The predicted molar refractivity (Wildman–Crippen MR) is 136 cm³/mol. The van der Waals surface area contributed by atoms with E-state index in [0.29, 0.717) is 32.2 Å². The molecule has 1 aliphatic rings. The number of hydrogen-bond donors (Lipinski definition) is 1. The van der Waals surface area contributed by atoms with E-state index in [2.05, 4.69) is 50.9 Å². The molecule has 2 aromatic rings. The maximum atomic E-state index is 13.4. The molecule has 1 aliphatic heterocycles. The fourth-order valence-electron chi connectivity index (χ4n) is 4.39. The minimum atomic E-state index is -0.430. The van der Waals surface area contributed by atoms with E-state index in [-0.39, 0.29) is 18.5 Å². The summed E-state index contributed by atoms with van der Waals surface area (Å²) in [7, 11) is 0. The van der Waals surface area contributed by atoms with Gasteiger partial charge in [0, 0.05) is 24.5 Å². The Bertz CT molecular complexity index is 893. The Hall–Kier alpha value is -2.15. The van der Waals surface area contributed by atoms with Crippen LogP contribution in [-0.4, -0.2) is 59.7 Å². The number of carbonyl (C=O) groups excluding carboxylic acids is 1. The molecule has 33 heavy (non-hydrogen) atoms. The summed E-state index contributed by atoms with van der Waals surface area (Å²) in [5, 5.41) is 12.4. The first-order valence-electron chi connectivity index (χ1n) is 12.0. The molecule has 1 aromatic carbocycles. The van der Waals surface area contributed by atoms with Crippen LogP contribution in [0.2, 0.25) is 0 Å². The van der Waals surface area contributed by atoms with E-state index in [1.54, 1.807) is 17.4 Å². The van der Waals surface area contributed by atoms with Gasteiger partial charge < -0.3 is 14.7 Å². The summed E-state index contributed by atoms with van der Waals surface area (Å²) in [6, 6.07) is 10.3. The van der Waals surface area contributed by atoms with E-state index in [1.807, 2.05) is 21.9 Å². The number of thiophene rings is 1. The number of aliphatic hydroxyl groups excluding tert-OH is 1. The molecule has 6 heteroatoms. The highest BCUT2D eigenvalue weighted by Gasteiger charge is 2.33. The summed E-state index contributed by atoms with van der Waals surface area (Å²) < 4.78 is 6.18. The first-order chi connectivity index (χ1) is 15.9. The molecular weight excluding hydrogens is 432 g/mol. The second kappa shape index (κ2) is 12.4. The van der Waals surface area contributed by atoms with Crippen molar-refractivity contribution >= 4 is 17.2 Å². The zero-order valence-corrected chi connectivity index (χ0v) is 21.0. The Morgan fingerprint density at radius 2 is 2.09 bits per heavy atom. The molecule has 2 atom stereocenters. The number of rotatable bonds is 12. The average molecular weight is 471 g/mol. The van der Waals surface area contributed by atoms with Gasteiger partial charge in [-0.05, 0) is 53.5 Å². The van der Waals surface area contributed by atoms with Crippen LogP contribution in [0.1, 0.15) is 61.6 Å². The fraction of sp³-hybridized carbons (Fsp3) is 0.519. The average Bonchev–Trinajstić information content (AvgIpc) is 3.27. The molecule has 0 bridgehead atoms. The van der Waals surface area contributed by atoms with Crippen LogP contribution in [0.5, 0.6) is 5.75 Å². The number of ether oxygens (including phenoxy) is 1. The van der Waals surface area contributed by atoms with Gasteiger partial charge in [0.1, 0.15) is 12.4 Å².